The third kappa shape index (κ3) is 2.80. The number of amides is 2. The van der Waals surface area contributed by atoms with Crippen molar-refractivity contribution in [1.29, 1.82) is 0 Å². The van der Waals surface area contributed by atoms with Crippen LogP contribution in [0.5, 0.6) is 0 Å². The highest BCUT2D eigenvalue weighted by atomic mass is 16.2. The molecule has 6 nitrogen and oxygen atoms in total. The molecule has 1 spiro atoms. The van der Waals surface area contributed by atoms with Gasteiger partial charge in [0.25, 0.3) is 5.91 Å². The predicted molar refractivity (Wildman–Crippen MR) is 109 cm³/mol. The van der Waals surface area contributed by atoms with E-state index in [4.69, 9.17) is 0 Å². The zero-order chi connectivity index (χ0) is 20.0. The molecule has 1 aromatic carbocycles. The molecule has 2 saturated heterocycles. The molecular weight excluding hydrogens is 364 g/mol. The van der Waals surface area contributed by atoms with E-state index in [-0.39, 0.29) is 23.4 Å². The summed E-state index contributed by atoms with van der Waals surface area (Å²) >= 11 is 0. The van der Waals surface area contributed by atoms with Crippen LogP contribution in [-0.2, 0) is 11.8 Å². The average Bonchev–Trinajstić information content (AvgIpc) is 3.42. The van der Waals surface area contributed by atoms with Gasteiger partial charge in [-0.25, -0.2) is 4.98 Å². The standard InChI is InChI=1S/C23H28N4O2/c1-25-16-13-24-20(25)21(28)26-14-9-18(10-15-26)27-19(17-7-3-2-4-8-17)23(22(27)29)11-5-6-12-23/h2-4,7-8,13,16,18-19H,5-6,9-12,14-15H2,1H3. The minimum absolute atomic E-state index is 0.0160. The number of imidazole rings is 1. The normalized spacial score (nSPS) is 24.2. The minimum atomic E-state index is -0.179. The molecule has 2 aliphatic heterocycles. The van der Waals surface area contributed by atoms with Gasteiger partial charge in [-0.15, -0.1) is 0 Å². The van der Waals surface area contributed by atoms with E-state index in [1.165, 1.54) is 5.56 Å². The van der Waals surface area contributed by atoms with Crippen LogP contribution in [0, 0.1) is 5.41 Å². The maximum atomic E-state index is 13.3. The fraction of sp³-hybridized carbons (Fsp3) is 0.522. The molecule has 0 bridgehead atoms. The van der Waals surface area contributed by atoms with Crippen molar-refractivity contribution in [2.45, 2.75) is 50.6 Å². The third-order valence-electron chi connectivity index (χ3n) is 7.23. The zero-order valence-corrected chi connectivity index (χ0v) is 17.0. The Labute approximate surface area is 171 Å². The molecule has 5 rings (SSSR count). The predicted octanol–water partition coefficient (Wildman–Crippen LogP) is 3.17. The van der Waals surface area contributed by atoms with Crippen LogP contribution < -0.4 is 0 Å². The topological polar surface area (TPSA) is 58.4 Å². The van der Waals surface area contributed by atoms with Crippen molar-refractivity contribution in [3.63, 3.8) is 0 Å². The largest absolute Gasteiger partial charge is 0.336 e. The average molecular weight is 393 g/mol. The number of hydrogen-bond acceptors (Lipinski definition) is 3. The number of β-lactam (4-membered cyclic amide) rings is 1. The molecular formula is C23H28N4O2. The van der Waals surface area contributed by atoms with Crippen molar-refractivity contribution < 1.29 is 9.59 Å². The van der Waals surface area contributed by atoms with Crippen LogP contribution in [-0.4, -0.2) is 50.3 Å². The van der Waals surface area contributed by atoms with Crippen LogP contribution in [0.3, 0.4) is 0 Å². The van der Waals surface area contributed by atoms with Crippen LogP contribution in [0.15, 0.2) is 42.7 Å². The number of piperidine rings is 1. The summed E-state index contributed by atoms with van der Waals surface area (Å²) in [7, 11) is 1.84. The van der Waals surface area contributed by atoms with Crippen LogP contribution in [0.4, 0.5) is 0 Å². The van der Waals surface area contributed by atoms with E-state index < -0.39 is 0 Å². The second kappa shape index (κ2) is 7.01. The van der Waals surface area contributed by atoms with Gasteiger partial charge in [0.05, 0.1) is 11.5 Å². The van der Waals surface area contributed by atoms with E-state index in [1.54, 1.807) is 17.0 Å². The van der Waals surface area contributed by atoms with Crippen molar-refractivity contribution in [2.24, 2.45) is 12.5 Å². The van der Waals surface area contributed by atoms with Crippen molar-refractivity contribution >= 4 is 11.8 Å². The van der Waals surface area contributed by atoms with E-state index >= 15 is 0 Å². The lowest BCUT2D eigenvalue weighted by Gasteiger charge is -2.59. The second-order valence-electron chi connectivity index (χ2n) is 8.77. The maximum absolute atomic E-state index is 13.3. The molecule has 6 heteroatoms. The molecule has 0 N–H and O–H groups in total. The summed E-state index contributed by atoms with van der Waals surface area (Å²) in [6.07, 6.45) is 9.45. The first-order valence-corrected chi connectivity index (χ1v) is 10.8. The Balaban J connectivity index is 1.33. The summed E-state index contributed by atoms with van der Waals surface area (Å²) in [6.45, 7) is 1.35. The second-order valence-corrected chi connectivity index (χ2v) is 8.77. The summed E-state index contributed by atoms with van der Waals surface area (Å²) in [5, 5.41) is 0. The lowest BCUT2D eigenvalue weighted by Crippen LogP contribution is -2.66. The van der Waals surface area contributed by atoms with Gasteiger partial charge in [-0.05, 0) is 31.2 Å². The Kier molecular flexibility index (Phi) is 4.45. The highest BCUT2D eigenvalue weighted by Gasteiger charge is 2.63. The molecule has 1 atom stereocenters. The fourth-order valence-electron chi connectivity index (χ4n) is 5.74. The van der Waals surface area contributed by atoms with Gasteiger partial charge in [-0.2, -0.15) is 0 Å². The van der Waals surface area contributed by atoms with Crippen LogP contribution in [0.25, 0.3) is 0 Å². The third-order valence-corrected chi connectivity index (χ3v) is 7.23. The molecule has 2 amide bonds. The van der Waals surface area contributed by atoms with E-state index in [0.29, 0.717) is 24.8 Å². The minimum Gasteiger partial charge on any atom is -0.336 e. The van der Waals surface area contributed by atoms with Gasteiger partial charge in [0, 0.05) is 38.6 Å². The first-order valence-electron chi connectivity index (χ1n) is 10.8. The van der Waals surface area contributed by atoms with Gasteiger partial charge in [-0.3, -0.25) is 9.59 Å². The van der Waals surface area contributed by atoms with Crippen LogP contribution in [0.1, 0.15) is 60.7 Å². The van der Waals surface area contributed by atoms with Gasteiger partial charge in [0.2, 0.25) is 5.91 Å². The molecule has 2 aromatic rings. The van der Waals surface area contributed by atoms with Gasteiger partial charge in [-0.1, -0.05) is 43.2 Å². The van der Waals surface area contributed by atoms with Crippen molar-refractivity contribution in [2.75, 3.05) is 13.1 Å². The molecule has 1 aliphatic carbocycles. The Morgan fingerprint density at radius 3 is 2.41 bits per heavy atom. The SMILES string of the molecule is Cn1ccnc1C(=O)N1CCC(N2C(=O)C3(CCCC3)C2c2ccccc2)CC1. The smallest absolute Gasteiger partial charge is 0.289 e. The van der Waals surface area contributed by atoms with Gasteiger partial charge >= 0.3 is 0 Å². The number of likely N-dealkylation sites (tertiary alicyclic amines) is 2. The van der Waals surface area contributed by atoms with Crippen LogP contribution >= 0.6 is 0 Å². The highest BCUT2D eigenvalue weighted by Crippen LogP contribution is 2.60. The summed E-state index contributed by atoms with van der Waals surface area (Å²) in [5.41, 5.74) is 1.09. The first kappa shape index (κ1) is 18.4. The summed E-state index contributed by atoms with van der Waals surface area (Å²) < 4.78 is 1.77. The number of carbonyl (C=O) groups is 2. The zero-order valence-electron chi connectivity index (χ0n) is 17.0. The van der Waals surface area contributed by atoms with Crippen molar-refractivity contribution in [3.8, 4) is 0 Å². The molecule has 0 radical (unpaired) electrons. The molecule has 1 aromatic heterocycles. The quantitative estimate of drug-likeness (QED) is 0.754. The molecule has 1 saturated carbocycles. The number of hydrogen-bond donors (Lipinski definition) is 0. The van der Waals surface area contributed by atoms with Gasteiger partial charge < -0.3 is 14.4 Å². The molecule has 3 aliphatic rings. The molecule has 29 heavy (non-hydrogen) atoms. The van der Waals surface area contributed by atoms with Crippen LogP contribution in [0.2, 0.25) is 0 Å². The number of benzene rings is 1. The number of aryl methyl sites for hydroxylation is 1. The van der Waals surface area contributed by atoms with E-state index in [2.05, 4.69) is 34.1 Å². The van der Waals surface area contributed by atoms with Crippen molar-refractivity contribution in [3.05, 3.63) is 54.1 Å². The summed E-state index contributed by atoms with van der Waals surface area (Å²) in [6, 6.07) is 10.9. The maximum Gasteiger partial charge on any atom is 0.289 e. The van der Waals surface area contributed by atoms with E-state index in [1.807, 2.05) is 18.0 Å². The Bertz CT molecular complexity index is 908. The number of nitrogens with zero attached hydrogens (tertiary/aromatic N) is 4. The highest BCUT2D eigenvalue weighted by molar-refractivity contribution is 5.92. The number of carbonyl (C=O) groups excluding carboxylic acids is 2. The first-order chi connectivity index (χ1) is 14.1. The molecule has 3 fully saturated rings. The fourth-order valence-corrected chi connectivity index (χ4v) is 5.74. The molecule has 152 valence electrons. The van der Waals surface area contributed by atoms with E-state index in [9.17, 15) is 9.59 Å². The summed E-state index contributed by atoms with van der Waals surface area (Å²) in [5.74, 6) is 0.811. The Hall–Kier alpha value is -2.63. The lowest BCUT2D eigenvalue weighted by atomic mass is 9.65. The number of aromatic nitrogens is 2. The van der Waals surface area contributed by atoms with Crippen molar-refractivity contribution in [1.82, 2.24) is 19.4 Å². The van der Waals surface area contributed by atoms with Gasteiger partial charge in [0.15, 0.2) is 5.82 Å². The molecule has 1 unspecified atom stereocenters. The lowest BCUT2D eigenvalue weighted by molar-refractivity contribution is -0.180. The monoisotopic (exact) mass is 392 g/mol. The Morgan fingerprint density at radius 1 is 1.10 bits per heavy atom. The number of rotatable bonds is 3. The van der Waals surface area contributed by atoms with E-state index in [0.717, 1.165) is 38.5 Å². The molecule has 3 heterocycles. The van der Waals surface area contributed by atoms with Gasteiger partial charge in [0.1, 0.15) is 0 Å². The summed E-state index contributed by atoms with van der Waals surface area (Å²) in [4.78, 5) is 34.3. The Morgan fingerprint density at radius 2 is 1.79 bits per heavy atom.